The second kappa shape index (κ2) is 8.43. The van der Waals surface area contributed by atoms with Crippen LogP contribution in [0.2, 0.25) is 0 Å². The highest BCUT2D eigenvalue weighted by Crippen LogP contribution is 2.21. The molecule has 0 aromatic carbocycles. The second-order valence-electron chi connectivity index (χ2n) is 5.80. The molecule has 134 valence electrons. The molecule has 1 saturated heterocycles. The standard InChI is InChI=1S/C16H22F3N3O2/c1-13(14-3-2-5-20-11-14)21-6-8-22(9-7-21)15(23)4-10-24-12-16(17,18)19/h2-3,5,11,13H,4,6-10,12H2,1H3. The first-order valence-corrected chi connectivity index (χ1v) is 7.93. The summed E-state index contributed by atoms with van der Waals surface area (Å²) in [7, 11) is 0. The van der Waals surface area contributed by atoms with Crippen molar-refractivity contribution in [3.05, 3.63) is 30.1 Å². The lowest BCUT2D eigenvalue weighted by molar-refractivity contribution is -0.175. The van der Waals surface area contributed by atoms with Crippen LogP contribution in [0.15, 0.2) is 24.5 Å². The summed E-state index contributed by atoms with van der Waals surface area (Å²) < 4.78 is 40.4. The summed E-state index contributed by atoms with van der Waals surface area (Å²) in [6, 6.07) is 4.13. The lowest BCUT2D eigenvalue weighted by Crippen LogP contribution is -2.49. The van der Waals surface area contributed by atoms with Gasteiger partial charge >= 0.3 is 6.18 Å². The molecule has 0 aliphatic carbocycles. The molecule has 5 nitrogen and oxygen atoms in total. The van der Waals surface area contributed by atoms with Gasteiger partial charge in [-0.15, -0.1) is 0 Å². The van der Waals surface area contributed by atoms with Crippen LogP contribution in [0.5, 0.6) is 0 Å². The fourth-order valence-electron chi connectivity index (χ4n) is 2.70. The molecule has 8 heteroatoms. The Morgan fingerprint density at radius 2 is 2.04 bits per heavy atom. The molecule has 1 amide bonds. The zero-order valence-electron chi connectivity index (χ0n) is 13.6. The van der Waals surface area contributed by atoms with Crippen molar-refractivity contribution in [1.29, 1.82) is 0 Å². The normalized spacial score (nSPS) is 17.8. The summed E-state index contributed by atoms with van der Waals surface area (Å²) in [5, 5.41) is 0. The molecule has 1 atom stereocenters. The molecule has 1 aromatic rings. The highest BCUT2D eigenvalue weighted by molar-refractivity contribution is 5.76. The van der Waals surface area contributed by atoms with Crippen molar-refractivity contribution in [3.63, 3.8) is 0 Å². The molecule has 0 spiro atoms. The average molecular weight is 345 g/mol. The van der Waals surface area contributed by atoms with Gasteiger partial charge in [-0.25, -0.2) is 0 Å². The zero-order chi connectivity index (χ0) is 17.6. The Bertz CT molecular complexity index is 517. The molecule has 1 aromatic heterocycles. The number of pyridine rings is 1. The number of hydrogen-bond donors (Lipinski definition) is 0. The molecule has 1 unspecified atom stereocenters. The Kier molecular flexibility index (Phi) is 6.56. The summed E-state index contributed by atoms with van der Waals surface area (Å²) in [4.78, 5) is 20.1. The number of hydrogen-bond acceptors (Lipinski definition) is 4. The number of alkyl halides is 3. The Balaban J connectivity index is 1.71. The van der Waals surface area contributed by atoms with E-state index in [4.69, 9.17) is 0 Å². The van der Waals surface area contributed by atoms with Crippen LogP contribution in [0.3, 0.4) is 0 Å². The molecule has 1 fully saturated rings. The average Bonchev–Trinajstić information content (AvgIpc) is 2.58. The highest BCUT2D eigenvalue weighted by atomic mass is 19.4. The number of ether oxygens (including phenoxy) is 1. The molecule has 2 heterocycles. The molecule has 0 saturated carbocycles. The minimum atomic E-state index is -4.35. The SMILES string of the molecule is CC(c1cccnc1)N1CCN(C(=O)CCOCC(F)(F)F)CC1. The first-order chi connectivity index (χ1) is 11.4. The third-order valence-electron chi connectivity index (χ3n) is 4.11. The Labute approximate surface area is 139 Å². The van der Waals surface area contributed by atoms with Crippen molar-refractivity contribution in [2.75, 3.05) is 39.4 Å². The number of carbonyl (C=O) groups is 1. The van der Waals surface area contributed by atoms with Crippen LogP contribution in [-0.4, -0.2) is 66.3 Å². The number of halogens is 3. The van der Waals surface area contributed by atoms with Crippen molar-refractivity contribution < 1.29 is 22.7 Å². The van der Waals surface area contributed by atoms with Gasteiger partial charge in [0.05, 0.1) is 13.0 Å². The van der Waals surface area contributed by atoms with Crippen LogP contribution in [-0.2, 0) is 9.53 Å². The number of rotatable bonds is 6. The fourth-order valence-corrected chi connectivity index (χ4v) is 2.70. The van der Waals surface area contributed by atoms with Gasteiger partial charge in [0.1, 0.15) is 6.61 Å². The monoisotopic (exact) mass is 345 g/mol. The highest BCUT2D eigenvalue weighted by Gasteiger charge is 2.28. The topological polar surface area (TPSA) is 45.7 Å². The summed E-state index contributed by atoms with van der Waals surface area (Å²) in [5.74, 6) is -0.161. The van der Waals surface area contributed by atoms with Crippen molar-refractivity contribution in [2.24, 2.45) is 0 Å². The van der Waals surface area contributed by atoms with Crippen LogP contribution in [0.1, 0.15) is 24.9 Å². The lowest BCUT2D eigenvalue weighted by atomic mass is 10.1. The number of carbonyl (C=O) groups excluding carboxylic acids is 1. The van der Waals surface area contributed by atoms with Gasteiger partial charge in [-0.3, -0.25) is 14.7 Å². The molecule has 1 aliphatic rings. The van der Waals surface area contributed by atoms with Gasteiger partial charge in [0.25, 0.3) is 0 Å². The maximum absolute atomic E-state index is 12.0. The molecule has 24 heavy (non-hydrogen) atoms. The summed E-state index contributed by atoms with van der Waals surface area (Å²) >= 11 is 0. The Hall–Kier alpha value is -1.67. The number of amides is 1. The van der Waals surface area contributed by atoms with Gasteiger partial charge in [0, 0.05) is 44.6 Å². The third-order valence-corrected chi connectivity index (χ3v) is 4.11. The predicted octanol–water partition coefficient (Wildman–Crippen LogP) is 2.26. The van der Waals surface area contributed by atoms with Gasteiger partial charge in [0.2, 0.25) is 5.91 Å². The van der Waals surface area contributed by atoms with Crippen molar-refractivity contribution in [3.8, 4) is 0 Å². The largest absolute Gasteiger partial charge is 0.411 e. The van der Waals surface area contributed by atoms with E-state index in [1.807, 2.05) is 18.3 Å². The third kappa shape index (κ3) is 5.76. The number of nitrogens with zero attached hydrogens (tertiary/aromatic N) is 3. The summed E-state index contributed by atoms with van der Waals surface area (Å²) in [6.45, 7) is 3.18. The Morgan fingerprint density at radius 1 is 1.33 bits per heavy atom. The lowest BCUT2D eigenvalue weighted by Gasteiger charge is -2.38. The van der Waals surface area contributed by atoms with Gasteiger partial charge in [-0.1, -0.05) is 6.07 Å². The van der Waals surface area contributed by atoms with Gasteiger partial charge in [0.15, 0.2) is 0 Å². The van der Waals surface area contributed by atoms with Gasteiger partial charge < -0.3 is 9.64 Å². The van der Waals surface area contributed by atoms with Gasteiger partial charge in [-0.05, 0) is 18.6 Å². The van der Waals surface area contributed by atoms with E-state index in [0.29, 0.717) is 13.1 Å². The van der Waals surface area contributed by atoms with Crippen LogP contribution < -0.4 is 0 Å². The molecule has 2 rings (SSSR count). The van der Waals surface area contributed by atoms with E-state index in [0.717, 1.165) is 18.7 Å². The second-order valence-corrected chi connectivity index (χ2v) is 5.80. The number of aromatic nitrogens is 1. The van der Waals surface area contributed by atoms with Crippen LogP contribution in [0.4, 0.5) is 13.2 Å². The maximum Gasteiger partial charge on any atom is 0.411 e. The maximum atomic E-state index is 12.0. The molecule has 0 N–H and O–H groups in total. The fraction of sp³-hybridized carbons (Fsp3) is 0.625. The quantitative estimate of drug-likeness (QED) is 0.742. The first kappa shape index (κ1) is 18.7. The molecule has 1 aliphatic heterocycles. The van der Waals surface area contributed by atoms with E-state index in [1.54, 1.807) is 11.1 Å². The van der Waals surface area contributed by atoms with E-state index >= 15 is 0 Å². The summed E-state index contributed by atoms with van der Waals surface area (Å²) in [5.41, 5.74) is 1.12. The van der Waals surface area contributed by atoms with Crippen molar-refractivity contribution in [1.82, 2.24) is 14.8 Å². The molecule has 0 radical (unpaired) electrons. The number of piperazine rings is 1. The van der Waals surface area contributed by atoms with Crippen LogP contribution in [0.25, 0.3) is 0 Å². The van der Waals surface area contributed by atoms with Crippen LogP contribution in [0, 0.1) is 0 Å². The molecular weight excluding hydrogens is 323 g/mol. The minimum Gasteiger partial charge on any atom is -0.372 e. The van der Waals surface area contributed by atoms with E-state index in [-0.39, 0.29) is 25.0 Å². The summed E-state index contributed by atoms with van der Waals surface area (Å²) in [6.07, 6.45) is -0.806. The Morgan fingerprint density at radius 3 is 2.62 bits per heavy atom. The zero-order valence-corrected chi connectivity index (χ0v) is 13.6. The first-order valence-electron chi connectivity index (χ1n) is 7.93. The predicted molar refractivity (Wildman–Crippen MR) is 82.3 cm³/mol. The molecular formula is C16H22F3N3O2. The van der Waals surface area contributed by atoms with E-state index in [1.165, 1.54) is 0 Å². The van der Waals surface area contributed by atoms with Crippen LogP contribution >= 0.6 is 0 Å². The van der Waals surface area contributed by atoms with Crippen molar-refractivity contribution in [2.45, 2.75) is 25.6 Å². The van der Waals surface area contributed by atoms with E-state index in [9.17, 15) is 18.0 Å². The minimum absolute atomic E-state index is 0.0196. The smallest absolute Gasteiger partial charge is 0.372 e. The molecule has 0 bridgehead atoms. The van der Waals surface area contributed by atoms with E-state index < -0.39 is 12.8 Å². The van der Waals surface area contributed by atoms with Gasteiger partial charge in [-0.2, -0.15) is 13.2 Å². The van der Waals surface area contributed by atoms with E-state index in [2.05, 4.69) is 21.5 Å². The van der Waals surface area contributed by atoms with Crippen molar-refractivity contribution >= 4 is 5.91 Å².